The quantitative estimate of drug-likeness (QED) is 0.189. The van der Waals surface area contributed by atoms with Crippen molar-refractivity contribution >= 4 is 5.97 Å². The molecular formula is C24H35N3O7. The Morgan fingerprint density at radius 3 is 2.59 bits per heavy atom. The van der Waals surface area contributed by atoms with Crippen LogP contribution >= 0.6 is 0 Å². The van der Waals surface area contributed by atoms with Gasteiger partial charge < -0.3 is 28.8 Å². The lowest BCUT2D eigenvalue weighted by molar-refractivity contribution is -0.320. The number of rotatable bonds is 9. The number of aliphatic hydroxyl groups is 1. The number of carbonyl (C=O) groups is 1. The van der Waals surface area contributed by atoms with Gasteiger partial charge in [-0.15, -0.1) is 0 Å². The van der Waals surface area contributed by atoms with E-state index in [0.29, 0.717) is 12.2 Å². The van der Waals surface area contributed by atoms with Crippen LogP contribution < -0.4 is 0 Å². The Morgan fingerprint density at radius 2 is 1.88 bits per heavy atom. The second-order valence-corrected chi connectivity index (χ2v) is 9.18. The third-order valence-corrected chi connectivity index (χ3v) is 6.82. The molecule has 188 valence electrons. The number of hydrogen-bond donors (Lipinski definition) is 1. The summed E-state index contributed by atoms with van der Waals surface area (Å²) in [4.78, 5) is 15.2. The van der Waals surface area contributed by atoms with Gasteiger partial charge in [0.25, 0.3) is 0 Å². The van der Waals surface area contributed by atoms with Crippen LogP contribution in [0.1, 0.15) is 38.1 Å². The molecule has 0 spiro atoms. The molecule has 1 N–H and O–H groups in total. The Balaban J connectivity index is 1.70. The van der Waals surface area contributed by atoms with Gasteiger partial charge in [0, 0.05) is 23.3 Å². The SMILES string of the molecule is CC1[C@H](OCCN=[N+]=[N-])OC(COC(=O)c2ccccc2)[C@@H](C)[C@@H]1O[C@H]1OC[C@@H](C)[C@H](C)C1O. The van der Waals surface area contributed by atoms with E-state index >= 15 is 0 Å². The molecule has 0 amide bonds. The number of esters is 1. The van der Waals surface area contributed by atoms with E-state index in [9.17, 15) is 9.90 Å². The topological polar surface area (TPSA) is 132 Å². The molecule has 1 aromatic carbocycles. The molecule has 0 bridgehead atoms. The molecule has 2 fully saturated rings. The van der Waals surface area contributed by atoms with Crippen molar-refractivity contribution in [2.24, 2.45) is 28.8 Å². The fourth-order valence-electron chi connectivity index (χ4n) is 4.32. The number of azide groups is 1. The normalized spacial score (nSPS) is 35.9. The van der Waals surface area contributed by atoms with Crippen LogP contribution in [0.15, 0.2) is 35.4 Å². The van der Waals surface area contributed by atoms with Crippen LogP contribution in [0.25, 0.3) is 10.4 Å². The number of benzene rings is 1. The molecule has 2 aliphatic rings. The lowest BCUT2D eigenvalue weighted by Gasteiger charge is -2.47. The molecule has 0 aromatic heterocycles. The first-order valence-corrected chi connectivity index (χ1v) is 11.8. The average Bonchev–Trinajstić information content (AvgIpc) is 2.85. The first kappa shape index (κ1) is 26.4. The van der Waals surface area contributed by atoms with Crippen molar-refractivity contribution in [3.8, 4) is 0 Å². The molecule has 0 aliphatic carbocycles. The van der Waals surface area contributed by atoms with Gasteiger partial charge in [-0.2, -0.15) is 0 Å². The van der Waals surface area contributed by atoms with Crippen LogP contribution in [0, 0.1) is 23.7 Å². The number of nitrogens with zero attached hydrogens (tertiary/aromatic N) is 3. The Kier molecular flexibility index (Phi) is 9.70. The van der Waals surface area contributed by atoms with Crippen LogP contribution in [-0.4, -0.2) is 68.3 Å². The van der Waals surface area contributed by atoms with Gasteiger partial charge in [-0.25, -0.2) is 4.79 Å². The lowest BCUT2D eigenvalue weighted by Crippen LogP contribution is -2.56. The van der Waals surface area contributed by atoms with Gasteiger partial charge >= 0.3 is 5.97 Å². The lowest BCUT2D eigenvalue weighted by atomic mass is 9.85. The van der Waals surface area contributed by atoms with Crippen LogP contribution in [0.5, 0.6) is 0 Å². The third-order valence-electron chi connectivity index (χ3n) is 6.82. The Labute approximate surface area is 200 Å². The first-order valence-electron chi connectivity index (χ1n) is 11.8. The maximum absolute atomic E-state index is 12.5. The molecular weight excluding hydrogens is 442 g/mol. The molecule has 10 heteroatoms. The second-order valence-electron chi connectivity index (χ2n) is 9.18. The predicted octanol–water partition coefficient (Wildman–Crippen LogP) is 3.54. The fourth-order valence-corrected chi connectivity index (χ4v) is 4.32. The van der Waals surface area contributed by atoms with E-state index in [4.69, 9.17) is 29.2 Å². The Hall–Kier alpha value is -2.20. The average molecular weight is 478 g/mol. The smallest absolute Gasteiger partial charge is 0.338 e. The highest BCUT2D eigenvalue weighted by atomic mass is 16.7. The van der Waals surface area contributed by atoms with Crippen molar-refractivity contribution in [2.75, 3.05) is 26.4 Å². The molecule has 1 aromatic rings. The number of carbonyl (C=O) groups excluding carboxylic acids is 1. The minimum atomic E-state index is -0.768. The zero-order valence-electron chi connectivity index (χ0n) is 20.1. The summed E-state index contributed by atoms with van der Waals surface area (Å²) in [6, 6.07) is 8.74. The van der Waals surface area contributed by atoms with Crippen molar-refractivity contribution in [3.63, 3.8) is 0 Å². The molecule has 2 heterocycles. The summed E-state index contributed by atoms with van der Waals surface area (Å²) in [7, 11) is 0. The van der Waals surface area contributed by atoms with E-state index in [-0.39, 0.29) is 49.5 Å². The second kappa shape index (κ2) is 12.5. The summed E-state index contributed by atoms with van der Waals surface area (Å²) in [5, 5.41) is 14.2. The molecule has 2 saturated heterocycles. The highest BCUT2D eigenvalue weighted by molar-refractivity contribution is 5.89. The molecule has 0 saturated carbocycles. The predicted molar refractivity (Wildman–Crippen MR) is 123 cm³/mol. The van der Waals surface area contributed by atoms with Gasteiger partial charge in [-0.05, 0) is 29.5 Å². The van der Waals surface area contributed by atoms with E-state index in [1.54, 1.807) is 24.3 Å². The zero-order valence-corrected chi connectivity index (χ0v) is 20.1. The van der Waals surface area contributed by atoms with Crippen LogP contribution in [0.4, 0.5) is 0 Å². The highest BCUT2D eigenvalue weighted by Crippen LogP contribution is 2.36. The summed E-state index contributed by atoms with van der Waals surface area (Å²) in [5.41, 5.74) is 8.96. The van der Waals surface area contributed by atoms with E-state index in [1.807, 2.05) is 33.8 Å². The van der Waals surface area contributed by atoms with E-state index < -0.39 is 30.8 Å². The van der Waals surface area contributed by atoms with Crippen molar-refractivity contribution in [1.82, 2.24) is 0 Å². The minimum Gasteiger partial charge on any atom is -0.459 e. The van der Waals surface area contributed by atoms with Crippen molar-refractivity contribution in [3.05, 3.63) is 46.3 Å². The number of ether oxygens (including phenoxy) is 5. The standard InChI is InChI=1S/C24H35N3O7/c1-14-12-32-24(20(28)15(14)2)34-21-16(3)19(13-31-22(29)18-8-6-5-7-9-18)33-23(17(21)4)30-11-10-26-27-25/h5-9,14-17,19-21,23-24,28H,10-13H2,1-4H3/t14-,15+,16-,17?,19?,20?,21+,23-,24-/m1/s1. The van der Waals surface area contributed by atoms with E-state index in [2.05, 4.69) is 10.0 Å². The van der Waals surface area contributed by atoms with Crippen molar-refractivity contribution < 1.29 is 33.6 Å². The van der Waals surface area contributed by atoms with Gasteiger partial charge in [-0.3, -0.25) is 0 Å². The number of aliphatic hydroxyl groups excluding tert-OH is 1. The van der Waals surface area contributed by atoms with E-state index in [1.165, 1.54) is 0 Å². The molecule has 9 atom stereocenters. The first-order chi connectivity index (χ1) is 16.3. The largest absolute Gasteiger partial charge is 0.459 e. The molecule has 3 rings (SSSR count). The van der Waals surface area contributed by atoms with Gasteiger partial charge in [0.05, 0.1) is 31.0 Å². The summed E-state index contributed by atoms with van der Waals surface area (Å²) in [6.07, 6.45) is -3.10. The zero-order chi connectivity index (χ0) is 24.7. The van der Waals surface area contributed by atoms with Crippen LogP contribution in [0.2, 0.25) is 0 Å². The summed E-state index contributed by atoms with van der Waals surface area (Å²) >= 11 is 0. The molecule has 34 heavy (non-hydrogen) atoms. The maximum atomic E-state index is 12.5. The van der Waals surface area contributed by atoms with E-state index in [0.717, 1.165) is 0 Å². The molecule has 0 radical (unpaired) electrons. The summed E-state index contributed by atoms with van der Waals surface area (Å²) in [5.74, 6) is -0.584. The Morgan fingerprint density at radius 1 is 1.15 bits per heavy atom. The Bertz CT molecular complexity index is 835. The summed E-state index contributed by atoms with van der Waals surface area (Å²) < 4.78 is 29.6. The monoisotopic (exact) mass is 477 g/mol. The van der Waals surface area contributed by atoms with Gasteiger partial charge in [0.2, 0.25) is 0 Å². The third kappa shape index (κ3) is 6.47. The van der Waals surface area contributed by atoms with Crippen LogP contribution in [-0.2, 0) is 23.7 Å². The van der Waals surface area contributed by atoms with Gasteiger partial charge in [0.15, 0.2) is 12.6 Å². The molecule has 10 nitrogen and oxygen atoms in total. The summed E-state index contributed by atoms with van der Waals surface area (Å²) in [6.45, 7) is 8.77. The molecule has 3 unspecified atom stereocenters. The van der Waals surface area contributed by atoms with Crippen LogP contribution in [0.3, 0.4) is 0 Å². The van der Waals surface area contributed by atoms with Gasteiger partial charge in [0.1, 0.15) is 12.7 Å². The van der Waals surface area contributed by atoms with Crippen molar-refractivity contribution in [1.29, 1.82) is 0 Å². The minimum absolute atomic E-state index is 0.0131. The van der Waals surface area contributed by atoms with Crippen molar-refractivity contribution in [2.45, 2.75) is 58.6 Å². The number of hydrogen-bond acceptors (Lipinski definition) is 8. The van der Waals surface area contributed by atoms with Gasteiger partial charge in [-0.1, -0.05) is 51.0 Å². The fraction of sp³-hybridized carbons (Fsp3) is 0.708. The maximum Gasteiger partial charge on any atom is 0.338 e. The highest BCUT2D eigenvalue weighted by Gasteiger charge is 2.46. The molecule has 2 aliphatic heterocycles.